The summed E-state index contributed by atoms with van der Waals surface area (Å²) in [6.07, 6.45) is 1.79. The number of rotatable bonds is 2. The van der Waals surface area contributed by atoms with Gasteiger partial charge in [-0.3, -0.25) is 4.98 Å². The molecule has 0 atom stereocenters. The molecule has 3 heteroatoms. The van der Waals surface area contributed by atoms with Gasteiger partial charge in [0.1, 0.15) is 0 Å². The van der Waals surface area contributed by atoms with E-state index in [9.17, 15) is 4.79 Å². The van der Waals surface area contributed by atoms with Crippen LogP contribution in [0.25, 0.3) is 0 Å². The van der Waals surface area contributed by atoms with Crippen molar-refractivity contribution in [2.45, 2.75) is 41.5 Å². The molecule has 1 aromatic carbocycles. The van der Waals surface area contributed by atoms with Crippen LogP contribution in [0, 0.1) is 6.92 Å². The third-order valence-corrected chi connectivity index (χ3v) is 2.10. The molecule has 0 radical (unpaired) electrons. The van der Waals surface area contributed by atoms with Crippen molar-refractivity contribution in [1.29, 1.82) is 0 Å². The first-order valence-electron chi connectivity index (χ1n) is 7.84. The number of aryl methyl sites for hydroxylation is 1. The Bertz CT molecular complexity index is 455. The number of benzene rings is 1. The van der Waals surface area contributed by atoms with E-state index in [0.29, 0.717) is 12.2 Å². The van der Waals surface area contributed by atoms with Gasteiger partial charge in [0.05, 0.1) is 12.2 Å². The third kappa shape index (κ3) is 11.6. The molecule has 0 aliphatic carbocycles. The number of pyridine rings is 1. The number of hydrogen-bond donors (Lipinski definition) is 0. The van der Waals surface area contributed by atoms with Crippen LogP contribution >= 0.6 is 0 Å². The molecule has 0 aliphatic heterocycles. The standard InChI is InChI=1S/C9H10O2.C6H7N.2C2H6/c1-2-11-9(10)8-6-4-3-5-7-8;1-6-4-2-3-5-7-6;2*1-2/h3-7H,2H2,1H3;2-5H,1H3;2*1-2H3. The van der Waals surface area contributed by atoms with E-state index in [2.05, 4.69) is 4.98 Å². The van der Waals surface area contributed by atoms with Crippen molar-refractivity contribution in [2.24, 2.45) is 0 Å². The number of nitrogens with zero attached hydrogens (tertiary/aromatic N) is 1. The molecular formula is C19H29NO2. The number of esters is 1. The van der Waals surface area contributed by atoms with E-state index in [1.165, 1.54) is 0 Å². The van der Waals surface area contributed by atoms with Crippen molar-refractivity contribution < 1.29 is 9.53 Å². The van der Waals surface area contributed by atoms with Crippen LogP contribution in [0.2, 0.25) is 0 Å². The Morgan fingerprint density at radius 1 is 0.955 bits per heavy atom. The van der Waals surface area contributed by atoms with Gasteiger partial charge in [0.2, 0.25) is 0 Å². The fourth-order valence-electron chi connectivity index (χ4n) is 1.24. The number of aromatic nitrogens is 1. The molecule has 2 aromatic rings. The normalized spacial score (nSPS) is 7.91. The van der Waals surface area contributed by atoms with Gasteiger partial charge in [0.25, 0.3) is 0 Å². The minimum Gasteiger partial charge on any atom is -0.462 e. The quantitative estimate of drug-likeness (QED) is 0.706. The molecule has 0 amide bonds. The number of ether oxygens (including phenoxy) is 1. The first-order chi connectivity index (χ1) is 10.7. The summed E-state index contributed by atoms with van der Waals surface area (Å²) in [7, 11) is 0. The van der Waals surface area contributed by atoms with Crippen molar-refractivity contribution in [3.63, 3.8) is 0 Å². The zero-order valence-electron chi connectivity index (χ0n) is 14.7. The molecule has 0 saturated heterocycles. The van der Waals surface area contributed by atoms with E-state index in [4.69, 9.17) is 4.74 Å². The van der Waals surface area contributed by atoms with Crippen LogP contribution in [0.5, 0.6) is 0 Å². The monoisotopic (exact) mass is 303 g/mol. The summed E-state index contributed by atoms with van der Waals surface area (Å²) in [5.41, 5.74) is 1.68. The van der Waals surface area contributed by atoms with E-state index in [-0.39, 0.29) is 5.97 Å². The second-order valence-electron chi connectivity index (χ2n) is 3.56. The van der Waals surface area contributed by atoms with E-state index in [1.807, 2.05) is 71.0 Å². The van der Waals surface area contributed by atoms with Gasteiger partial charge in [-0.1, -0.05) is 52.0 Å². The Kier molecular flexibility index (Phi) is 17.0. The van der Waals surface area contributed by atoms with Gasteiger partial charge >= 0.3 is 5.97 Å². The third-order valence-electron chi connectivity index (χ3n) is 2.10. The molecule has 122 valence electrons. The molecule has 3 nitrogen and oxygen atoms in total. The summed E-state index contributed by atoms with van der Waals surface area (Å²) in [6, 6.07) is 14.8. The highest BCUT2D eigenvalue weighted by Gasteiger charge is 2.02. The summed E-state index contributed by atoms with van der Waals surface area (Å²) in [6.45, 7) is 12.2. The van der Waals surface area contributed by atoms with Gasteiger partial charge < -0.3 is 4.74 Å². The molecule has 0 saturated carbocycles. The van der Waals surface area contributed by atoms with Crippen molar-refractivity contribution in [2.75, 3.05) is 6.61 Å². The lowest BCUT2D eigenvalue weighted by atomic mass is 10.2. The molecule has 0 fully saturated rings. The smallest absolute Gasteiger partial charge is 0.338 e. The second kappa shape index (κ2) is 16.9. The maximum absolute atomic E-state index is 11.0. The number of carbonyl (C=O) groups excluding carboxylic acids is 1. The lowest BCUT2D eigenvalue weighted by molar-refractivity contribution is 0.0526. The molecular weight excluding hydrogens is 274 g/mol. The first kappa shape index (κ1) is 22.1. The Hall–Kier alpha value is -2.16. The van der Waals surface area contributed by atoms with Gasteiger partial charge in [-0.05, 0) is 38.1 Å². The Morgan fingerprint density at radius 3 is 1.86 bits per heavy atom. The molecule has 0 aliphatic rings. The zero-order chi connectivity index (χ0) is 17.2. The molecule has 0 bridgehead atoms. The van der Waals surface area contributed by atoms with Crippen molar-refractivity contribution in [3.8, 4) is 0 Å². The number of hydrogen-bond acceptors (Lipinski definition) is 3. The average Bonchev–Trinajstić information content (AvgIpc) is 2.61. The molecule has 0 spiro atoms. The topological polar surface area (TPSA) is 39.2 Å². The predicted molar refractivity (Wildman–Crippen MR) is 94.1 cm³/mol. The van der Waals surface area contributed by atoms with Gasteiger partial charge in [-0.15, -0.1) is 0 Å². The highest BCUT2D eigenvalue weighted by atomic mass is 16.5. The highest BCUT2D eigenvalue weighted by Crippen LogP contribution is 1.99. The first-order valence-corrected chi connectivity index (χ1v) is 7.84. The average molecular weight is 303 g/mol. The van der Waals surface area contributed by atoms with Crippen LogP contribution in [-0.2, 0) is 4.74 Å². The van der Waals surface area contributed by atoms with Gasteiger partial charge in [0.15, 0.2) is 0 Å². The maximum atomic E-state index is 11.0. The Balaban J connectivity index is 0. The molecule has 2 rings (SSSR count). The predicted octanol–water partition coefficient (Wildman–Crippen LogP) is 5.31. The fraction of sp³-hybridized carbons (Fsp3) is 0.368. The largest absolute Gasteiger partial charge is 0.462 e. The molecule has 22 heavy (non-hydrogen) atoms. The number of carbonyl (C=O) groups is 1. The summed E-state index contributed by atoms with van der Waals surface area (Å²) in [4.78, 5) is 15.0. The molecule has 1 aromatic heterocycles. The van der Waals surface area contributed by atoms with Gasteiger partial charge in [-0.2, -0.15) is 0 Å². The zero-order valence-corrected chi connectivity index (χ0v) is 14.7. The minimum atomic E-state index is -0.256. The van der Waals surface area contributed by atoms with E-state index < -0.39 is 0 Å². The van der Waals surface area contributed by atoms with Gasteiger partial charge in [0, 0.05) is 11.9 Å². The van der Waals surface area contributed by atoms with E-state index >= 15 is 0 Å². The van der Waals surface area contributed by atoms with Crippen LogP contribution < -0.4 is 0 Å². The van der Waals surface area contributed by atoms with Crippen LogP contribution in [0.4, 0.5) is 0 Å². The molecule has 0 N–H and O–H groups in total. The highest BCUT2D eigenvalue weighted by molar-refractivity contribution is 5.89. The summed E-state index contributed by atoms with van der Waals surface area (Å²) in [5, 5.41) is 0. The van der Waals surface area contributed by atoms with Crippen LogP contribution in [0.3, 0.4) is 0 Å². The van der Waals surface area contributed by atoms with Crippen molar-refractivity contribution in [3.05, 3.63) is 66.0 Å². The Morgan fingerprint density at radius 2 is 1.50 bits per heavy atom. The minimum absolute atomic E-state index is 0.256. The SMILES string of the molecule is CC.CC.CCOC(=O)c1ccccc1.Cc1ccccn1. The fourth-order valence-corrected chi connectivity index (χ4v) is 1.24. The molecule has 1 heterocycles. The second-order valence-corrected chi connectivity index (χ2v) is 3.56. The van der Waals surface area contributed by atoms with E-state index in [1.54, 1.807) is 25.3 Å². The summed E-state index contributed by atoms with van der Waals surface area (Å²) in [5.74, 6) is -0.256. The maximum Gasteiger partial charge on any atom is 0.338 e. The van der Waals surface area contributed by atoms with Crippen molar-refractivity contribution >= 4 is 5.97 Å². The van der Waals surface area contributed by atoms with Gasteiger partial charge in [-0.25, -0.2) is 4.79 Å². The van der Waals surface area contributed by atoms with Crippen LogP contribution in [0.15, 0.2) is 54.7 Å². The summed E-state index contributed by atoms with van der Waals surface area (Å²) < 4.78 is 4.79. The lowest BCUT2D eigenvalue weighted by Gasteiger charge is -1.99. The van der Waals surface area contributed by atoms with E-state index in [0.717, 1.165) is 5.69 Å². The summed E-state index contributed by atoms with van der Waals surface area (Å²) >= 11 is 0. The van der Waals surface area contributed by atoms with Crippen LogP contribution in [0.1, 0.15) is 50.7 Å². The molecule has 0 unspecified atom stereocenters. The van der Waals surface area contributed by atoms with Crippen molar-refractivity contribution in [1.82, 2.24) is 4.98 Å². The van der Waals surface area contributed by atoms with Crippen LogP contribution in [-0.4, -0.2) is 17.6 Å². The lowest BCUT2D eigenvalue weighted by Crippen LogP contribution is -2.03. The Labute approximate surface area is 135 Å².